The fourth-order valence-corrected chi connectivity index (χ4v) is 8.50. The highest BCUT2D eigenvalue weighted by Crippen LogP contribution is 2.87. The van der Waals surface area contributed by atoms with Crippen LogP contribution in [0.5, 0.6) is 0 Å². The first kappa shape index (κ1) is 9.87. The van der Waals surface area contributed by atoms with Crippen LogP contribution in [0.15, 0.2) is 0 Å². The molecule has 0 heterocycles. The summed E-state index contributed by atoms with van der Waals surface area (Å²) in [5.74, 6) is 4.42. The molecule has 0 bridgehead atoms. The molecule has 0 heteroatoms. The average Bonchev–Trinajstić information content (AvgIpc) is 2.86. The van der Waals surface area contributed by atoms with Gasteiger partial charge in [-0.3, -0.25) is 0 Å². The van der Waals surface area contributed by atoms with E-state index in [0.29, 0.717) is 0 Å². The molecule has 3 spiro atoms. The summed E-state index contributed by atoms with van der Waals surface area (Å²) in [5.41, 5.74) is 2.53. The number of rotatable bonds is 0. The number of fused-ring (bicyclic) bond motifs is 4. The molecule has 4 saturated carbocycles. The van der Waals surface area contributed by atoms with E-state index in [4.69, 9.17) is 0 Å². The van der Waals surface area contributed by atoms with Crippen molar-refractivity contribution in [1.82, 2.24) is 0 Å². The van der Waals surface area contributed by atoms with Crippen LogP contribution in [0.1, 0.15) is 65.2 Å². The highest BCUT2D eigenvalue weighted by atomic mass is 14.8. The average molecular weight is 230 g/mol. The molecule has 4 aliphatic carbocycles. The first-order chi connectivity index (χ1) is 8.16. The molecule has 17 heavy (non-hydrogen) atoms. The van der Waals surface area contributed by atoms with Gasteiger partial charge < -0.3 is 0 Å². The van der Waals surface area contributed by atoms with Crippen molar-refractivity contribution in [1.29, 1.82) is 0 Å². The summed E-state index contributed by atoms with van der Waals surface area (Å²) in [6.07, 6.45) is 12.9. The second-order valence-electron chi connectivity index (χ2n) is 8.44. The van der Waals surface area contributed by atoms with Crippen LogP contribution < -0.4 is 0 Å². The van der Waals surface area contributed by atoms with E-state index in [1.54, 1.807) is 51.4 Å². The molecule has 4 aliphatic rings. The van der Waals surface area contributed by atoms with Crippen LogP contribution in [0.3, 0.4) is 0 Å². The van der Waals surface area contributed by atoms with E-state index in [2.05, 4.69) is 13.8 Å². The molecular weight excluding hydrogens is 204 g/mol. The van der Waals surface area contributed by atoms with Crippen LogP contribution in [0.25, 0.3) is 0 Å². The van der Waals surface area contributed by atoms with Crippen molar-refractivity contribution in [3.63, 3.8) is 0 Å². The van der Waals surface area contributed by atoms with Crippen LogP contribution in [-0.2, 0) is 0 Å². The zero-order valence-electron chi connectivity index (χ0n) is 11.5. The number of hydrogen-bond donors (Lipinski definition) is 0. The minimum Gasteiger partial charge on any atom is -0.0617 e. The predicted octanol–water partition coefficient (Wildman–Crippen LogP) is 4.64. The first-order valence-electron chi connectivity index (χ1n) is 8.16. The third-order valence-corrected chi connectivity index (χ3v) is 9.20. The minimum atomic E-state index is 0.822. The lowest BCUT2D eigenvalue weighted by atomic mass is 9.27. The van der Waals surface area contributed by atoms with E-state index in [1.165, 1.54) is 5.92 Å². The second-order valence-corrected chi connectivity index (χ2v) is 8.44. The summed E-state index contributed by atoms with van der Waals surface area (Å²) in [6.45, 7) is 5.27. The quantitative estimate of drug-likeness (QED) is 0.569. The third-order valence-electron chi connectivity index (χ3n) is 9.20. The van der Waals surface area contributed by atoms with Crippen molar-refractivity contribution >= 4 is 0 Å². The zero-order valence-corrected chi connectivity index (χ0v) is 11.5. The molecule has 4 rings (SSSR count). The standard InChI is InChI=1S/C17H26/c1-11-12(2)16-8-7-15(11)5-3-13-4-6-17(16,10-9-16)14(13)15/h11-14H,3-10H2,1-2H3/t11-,12-,13?,14?,15?,16?,17?/m0/s1. The molecule has 0 saturated heterocycles. The van der Waals surface area contributed by atoms with Gasteiger partial charge in [0.2, 0.25) is 0 Å². The monoisotopic (exact) mass is 230 g/mol. The lowest BCUT2D eigenvalue weighted by molar-refractivity contribution is -0.288. The lowest BCUT2D eigenvalue weighted by Crippen LogP contribution is -2.70. The van der Waals surface area contributed by atoms with E-state index in [9.17, 15) is 0 Å². The van der Waals surface area contributed by atoms with E-state index in [-0.39, 0.29) is 0 Å². The molecule has 0 nitrogen and oxygen atoms in total. The number of hydrogen-bond acceptors (Lipinski definition) is 0. The van der Waals surface area contributed by atoms with Gasteiger partial charge in [0.05, 0.1) is 0 Å². The topological polar surface area (TPSA) is 0 Å². The van der Waals surface area contributed by atoms with Gasteiger partial charge in [0.15, 0.2) is 0 Å². The van der Waals surface area contributed by atoms with Gasteiger partial charge in [0.1, 0.15) is 0 Å². The van der Waals surface area contributed by atoms with Gasteiger partial charge in [-0.15, -0.1) is 0 Å². The molecule has 0 amide bonds. The Bertz CT molecular complexity index is 387. The SMILES string of the molecule is C[C@H]1[C@H](C)C23CCC14CCC1CCC2(CC3)C14. The summed E-state index contributed by atoms with van der Waals surface area (Å²) in [6, 6.07) is 0. The lowest BCUT2D eigenvalue weighted by Gasteiger charge is -2.77. The molecule has 0 aromatic rings. The van der Waals surface area contributed by atoms with Gasteiger partial charge >= 0.3 is 0 Å². The van der Waals surface area contributed by atoms with Crippen molar-refractivity contribution in [2.45, 2.75) is 65.2 Å². The molecule has 4 fully saturated rings. The Hall–Kier alpha value is 0. The highest BCUT2D eigenvalue weighted by Gasteiger charge is 2.79. The third kappa shape index (κ3) is 0.699. The maximum Gasteiger partial charge on any atom is -0.0202 e. The Kier molecular flexibility index (Phi) is 1.45. The van der Waals surface area contributed by atoms with Crippen LogP contribution in [-0.4, -0.2) is 0 Å². The van der Waals surface area contributed by atoms with Crippen LogP contribution in [0.2, 0.25) is 0 Å². The van der Waals surface area contributed by atoms with E-state index in [0.717, 1.165) is 34.0 Å². The molecule has 7 atom stereocenters. The maximum absolute atomic E-state index is 2.63. The maximum atomic E-state index is 2.63. The fraction of sp³-hybridized carbons (Fsp3) is 1.00. The van der Waals surface area contributed by atoms with Gasteiger partial charge in [-0.2, -0.15) is 0 Å². The molecule has 5 unspecified atom stereocenters. The summed E-state index contributed by atoms with van der Waals surface area (Å²) in [4.78, 5) is 0. The van der Waals surface area contributed by atoms with E-state index >= 15 is 0 Å². The molecule has 0 aliphatic heterocycles. The van der Waals surface area contributed by atoms with Crippen molar-refractivity contribution < 1.29 is 0 Å². The van der Waals surface area contributed by atoms with Crippen molar-refractivity contribution in [2.24, 2.45) is 39.9 Å². The minimum absolute atomic E-state index is 0.822. The Morgan fingerprint density at radius 2 is 1.41 bits per heavy atom. The van der Waals surface area contributed by atoms with E-state index in [1.807, 2.05) is 0 Å². The highest BCUT2D eigenvalue weighted by molar-refractivity contribution is 5.28. The largest absolute Gasteiger partial charge is 0.0617 e. The summed E-state index contributed by atoms with van der Waals surface area (Å²) >= 11 is 0. The summed E-state index contributed by atoms with van der Waals surface area (Å²) < 4.78 is 0. The van der Waals surface area contributed by atoms with Crippen LogP contribution in [0, 0.1) is 39.9 Å². The first-order valence-corrected chi connectivity index (χ1v) is 8.16. The van der Waals surface area contributed by atoms with Gasteiger partial charge in [-0.1, -0.05) is 13.8 Å². The van der Waals surface area contributed by atoms with Crippen molar-refractivity contribution in [3.05, 3.63) is 0 Å². The normalized spacial score (nSPS) is 70.9. The van der Waals surface area contributed by atoms with Gasteiger partial charge in [0.25, 0.3) is 0 Å². The second kappa shape index (κ2) is 2.49. The molecule has 0 aromatic heterocycles. The Morgan fingerprint density at radius 1 is 0.706 bits per heavy atom. The van der Waals surface area contributed by atoms with Crippen LogP contribution in [0.4, 0.5) is 0 Å². The van der Waals surface area contributed by atoms with E-state index < -0.39 is 0 Å². The fourth-order valence-electron chi connectivity index (χ4n) is 8.50. The zero-order chi connectivity index (χ0) is 11.5. The van der Waals surface area contributed by atoms with Gasteiger partial charge in [0, 0.05) is 0 Å². The molecule has 0 N–H and O–H groups in total. The Morgan fingerprint density at radius 3 is 2.18 bits per heavy atom. The smallest absolute Gasteiger partial charge is 0.0202 e. The Labute approximate surface area is 106 Å². The van der Waals surface area contributed by atoms with Crippen molar-refractivity contribution in [3.8, 4) is 0 Å². The molecular formula is C17H26. The molecule has 0 aromatic carbocycles. The molecule has 0 radical (unpaired) electrons. The van der Waals surface area contributed by atoms with Gasteiger partial charge in [-0.25, -0.2) is 0 Å². The Balaban J connectivity index is 1.78. The predicted molar refractivity (Wildman–Crippen MR) is 69.5 cm³/mol. The summed E-state index contributed by atoms with van der Waals surface area (Å²) in [5, 5.41) is 0. The van der Waals surface area contributed by atoms with Crippen LogP contribution >= 0.6 is 0 Å². The molecule has 94 valence electrons. The van der Waals surface area contributed by atoms with Gasteiger partial charge in [-0.05, 0) is 91.3 Å². The summed E-state index contributed by atoms with van der Waals surface area (Å²) in [7, 11) is 0. The van der Waals surface area contributed by atoms with Crippen molar-refractivity contribution in [2.75, 3.05) is 0 Å².